The number of nitrogens with zero attached hydrogens (tertiary/aromatic N) is 2. The van der Waals surface area contributed by atoms with Gasteiger partial charge in [-0.3, -0.25) is 9.69 Å². The highest BCUT2D eigenvalue weighted by molar-refractivity contribution is 6.00. The van der Waals surface area contributed by atoms with E-state index in [0.717, 1.165) is 18.5 Å². The van der Waals surface area contributed by atoms with Gasteiger partial charge in [0.25, 0.3) is 5.91 Å². The molecule has 4 rings (SSSR count). The summed E-state index contributed by atoms with van der Waals surface area (Å²) in [6, 6.07) is 16.6. The van der Waals surface area contributed by atoms with Crippen molar-refractivity contribution in [2.24, 2.45) is 0 Å². The number of halogens is 1. The third-order valence-electron chi connectivity index (χ3n) is 5.53. The molecule has 4 nitrogen and oxygen atoms in total. The van der Waals surface area contributed by atoms with Gasteiger partial charge in [-0.2, -0.15) is 0 Å². The molecule has 142 valence electrons. The van der Waals surface area contributed by atoms with Crippen LogP contribution in [0.4, 0.5) is 10.1 Å². The molecule has 1 atom stereocenters. The summed E-state index contributed by atoms with van der Waals surface area (Å²) < 4.78 is 20.2. The summed E-state index contributed by atoms with van der Waals surface area (Å²) >= 11 is 0. The second-order valence-corrected chi connectivity index (χ2v) is 7.39. The van der Waals surface area contributed by atoms with Gasteiger partial charge in [-0.1, -0.05) is 36.4 Å². The summed E-state index contributed by atoms with van der Waals surface area (Å²) in [5, 5.41) is 0. The van der Waals surface area contributed by atoms with Crippen molar-refractivity contribution in [3.05, 3.63) is 66.0 Å². The number of morpholine rings is 1. The van der Waals surface area contributed by atoms with Gasteiger partial charge >= 0.3 is 0 Å². The fourth-order valence-electron chi connectivity index (χ4n) is 4.13. The normalized spacial score (nSPS) is 24.2. The van der Waals surface area contributed by atoms with Gasteiger partial charge < -0.3 is 9.64 Å². The number of para-hydroxylation sites is 1. The first-order valence-electron chi connectivity index (χ1n) is 9.65. The second-order valence-electron chi connectivity index (χ2n) is 7.39. The summed E-state index contributed by atoms with van der Waals surface area (Å²) in [7, 11) is 0. The van der Waals surface area contributed by atoms with Gasteiger partial charge in [-0.05, 0) is 37.5 Å². The maximum absolute atomic E-state index is 14.1. The average molecular weight is 368 g/mol. The fraction of sp³-hybridized carbons (Fsp3) is 0.409. The molecule has 2 aliphatic heterocycles. The van der Waals surface area contributed by atoms with Gasteiger partial charge in [-0.25, -0.2) is 4.39 Å². The Morgan fingerprint density at radius 2 is 1.78 bits per heavy atom. The first-order chi connectivity index (χ1) is 13.2. The van der Waals surface area contributed by atoms with Crippen molar-refractivity contribution in [2.75, 3.05) is 31.1 Å². The number of amides is 1. The Balaban J connectivity index is 1.56. The molecule has 0 saturated carbocycles. The summed E-state index contributed by atoms with van der Waals surface area (Å²) in [5.74, 6) is -0.166. The number of hydrogen-bond donors (Lipinski definition) is 0. The minimum Gasteiger partial charge on any atom is -0.362 e. The fourth-order valence-corrected chi connectivity index (χ4v) is 4.13. The largest absolute Gasteiger partial charge is 0.362 e. The SMILES string of the molecule is O=C1N(c2ccccc2)CCCCC12CN(Cc1ccccc1F)CCO2. The quantitative estimate of drug-likeness (QED) is 0.830. The van der Waals surface area contributed by atoms with Gasteiger partial charge in [0.2, 0.25) is 0 Å². The molecule has 0 N–H and O–H groups in total. The van der Waals surface area contributed by atoms with Gasteiger partial charge in [0.05, 0.1) is 6.61 Å². The molecular weight excluding hydrogens is 343 g/mol. The maximum atomic E-state index is 14.1. The number of carbonyl (C=O) groups excluding carboxylic acids is 1. The Labute approximate surface area is 159 Å². The minimum absolute atomic E-state index is 0.0319. The van der Waals surface area contributed by atoms with E-state index in [1.54, 1.807) is 6.07 Å². The lowest BCUT2D eigenvalue weighted by Crippen LogP contribution is -2.59. The third kappa shape index (κ3) is 3.75. The molecule has 2 fully saturated rings. The van der Waals surface area contributed by atoms with Crippen LogP contribution in [0.3, 0.4) is 0 Å². The van der Waals surface area contributed by atoms with Crippen LogP contribution in [-0.4, -0.2) is 42.6 Å². The Kier molecular flexibility index (Phi) is 5.23. The highest BCUT2D eigenvalue weighted by atomic mass is 19.1. The number of ether oxygens (including phenoxy) is 1. The van der Waals surface area contributed by atoms with Crippen LogP contribution >= 0.6 is 0 Å². The van der Waals surface area contributed by atoms with Crippen molar-refractivity contribution in [1.29, 1.82) is 0 Å². The van der Waals surface area contributed by atoms with E-state index in [0.29, 0.717) is 44.8 Å². The van der Waals surface area contributed by atoms with Gasteiger partial charge in [0, 0.05) is 37.4 Å². The number of carbonyl (C=O) groups is 1. The van der Waals surface area contributed by atoms with E-state index in [9.17, 15) is 9.18 Å². The van der Waals surface area contributed by atoms with Gasteiger partial charge in [-0.15, -0.1) is 0 Å². The van der Waals surface area contributed by atoms with Crippen molar-refractivity contribution in [1.82, 2.24) is 4.90 Å². The van der Waals surface area contributed by atoms with Crippen LogP contribution in [0, 0.1) is 5.82 Å². The lowest BCUT2D eigenvalue weighted by atomic mass is 9.93. The van der Waals surface area contributed by atoms with E-state index in [1.807, 2.05) is 47.4 Å². The number of anilines is 1. The zero-order chi connectivity index (χ0) is 18.7. The number of rotatable bonds is 3. The summed E-state index contributed by atoms with van der Waals surface area (Å²) in [4.78, 5) is 17.5. The molecule has 2 saturated heterocycles. The van der Waals surface area contributed by atoms with Gasteiger partial charge in [0.15, 0.2) is 5.60 Å². The van der Waals surface area contributed by atoms with E-state index >= 15 is 0 Å². The average Bonchev–Trinajstić information content (AvgIpc) is 2.84. The number of benzene rings is 2. The van der Waals surface area contributed by atoms with Crippen molar-refractivity contribution in [2.45, 2.75) is 31.4 Å². The van der Waals surface area contributed by atoms with Gasteiger partial charge in [0.1, 0.15) is 5.82 Å². The Hall–Kier alpha value is -2.24. The van der Waals surface area contributed by atoms with E-state index < -0.39 is 5.60 Å². The summed E-state index contributed by atoms with van der Waals surface area (Å²) in [6.45, 7) is 2.90. The van der Waals surface area contributed by atoms with Crippen molar-refractivity contribution >= 4 is 11.6 Å². The van der Waals surface area contributed by atoms with E-state index in [4.69, 9.17) is 4.74 Å². The highest BCUT2D eigenvalue weighted by Gasteiger charge is 2.47. The van der Waals surface area contributed by atoms with E-state index in [-0.39, 0.29) is 11.7 Å². The van der Waals surface area contributed by atoms with Crippen LogP contribution in [0.5, 0.6) is 0 Å². The molecule has 5 heteroatoms. The smallest absolute Gasteiger partial charge is 0.260 e. The standard InChI is InChI=1S/C22H25FN2O2/c23-20-11-5-4-8-18(20)16-24-14-15-27-22(17-24)12-6-7-13-25(21(22)26)19-9-2-1-3-10-19/h1-5,8-11H,6-7,12-17H2. The summed E-state index contributed by atoms with van der Waals surface area (Å²) in [6.07, 6.45) is 2.62. The molecular formula is C22H25FN2O2. The molecule has 2 aromatic rings. The predicted molar refractivity (Wildman–Crippen MR) is 103 cm³/mol. The molecule has 27 heavy (non-hydrogen) atoms. The van der Waals surface area contributed by atoms with Crippen molar-refractivity contribution < 1.29 is 13.9 Å². The molecule has 0 aromatic heterocycles. The molecule has 2 aromatic carbocycles. The molecule has 1 spiro atoms. The Morgan fingerprint density at radius 1 is 1.00 bits per heavy atom. The highest BCUT2D eigenvalue weighted by Crippen LogP contribution is 2.32. The molecule has 0 radical (unpaired) electrons. The third-order valence-corrected chi connectivity index (χ3v) is 5.53. The Bertz CT molecular complexity index is 798. The zero-order valence-corrected chi connectivity index (χ0v) is 15.4. The first kappa shape index (κ1) is 18.1. The molecule has 2 aliphatic rings. The van der Waals surface area contributed by atoms with Crippen LogP contribution in [0.1, 0.15) is 24.8 Å². The van der Waals surface area contributed by atoms with Crippen LogP contribution in [0.2, 0.25) is 0 Å². The van der Waals surface area contributed by atoms with Crippen LogP contribution < -0.4 is 4.90 Å². The van der Waals surface area contributed by atoms with Crippen LogP contribution in [0.25, 0.3) is 0 Å². The van der Waals surface area contributed by atoms with E-state index in [1.165, 1.54) is 6.07 Å². The second kappa shape index (κ2) is 7.79. The molecule has 1 amide bonds. The monoisotopic (exact) mass is 368 g/mol. The van der Waals surface area contributed by atoms with Crippen molar-refractivity contribution in [3.63, 3.8) is 0 Å². The first-order valence-corrected chi connectivity index (χ1v) is 9.65. The summed E-state index contributed by atoms with van der Waals surface area (Å²) in [5.41, 5.74) is 0.740. The van der Waals surface area contributed by atoms with Crippen molar-refractivity contribution in [3.8, 4) is 0 Å². The minimum atomic E-state index is -0.837. The number of hydrogen-bond acceptors (Lipinski definition) is 3. The molecule has 0 aliphatic carbocycles. The van der Waals surface area contributed by atoms with Crippen LogP contribution in [0.15, 0.2) is 54.6 Å². The topological polar surface area (TPSA) is 32.8 Å². The molecule has 0 bridgehead atoms. The predicted octanol–water partition coefficient (Wildman–Crippen LogP) is 3.61. The maximum Gasteiger partial charge on any atom is 0.260 e. The van der Waals surface area contributed by atoms with Crippen LogP contribution in [-0.2, 0) is 16.1 Å². The van der Waals surface area contributed by atoms with E-state index in [2.05, 4.69) is 4.90 Å². The molecule has 2 heterocycles. The lowest BCUT2D eigenvalue weighted by molar-refractivity contribution is -0.158. The molecule has 1 unspecified atom stereocenters. The lowest BCUT2D eigenvalue weighted by Gasteiger charge is -2.42. The Morgan fingerprint density at radius 3 is 2.59 bits per heavy atom. The zero-order valence-electron chi connectivity index (χ0n) is 15.4.